The molecule has 0 atom stereocenters. The van der Waals surface area contributed by atoms with E-state index in [1.807, 2.05) is 0 Å². The first kappa shape index (κ1) is 32.0. The van der Waals surface area contributed by atoms with Gasteiger partial charge in [0, 0.05) is 19.5 Å². The Balaban J connectivity index is -0.000000656. The van der Waals surface area contributed by atoms with E-state index < -0.39 is 5.97 Å². The molecule has 0 aromatic carbocycles. The van der Waals surface area contributed by atoms with E-state index in [1.165, 1.54) is 83.5 Å². The van der Waals surface area contributed by atoms with Gasteiger partial charge in [0.25, 0.3) is 0 Å². The first-order chi connectivity index (χ1) is 13.6. The lowest BCUT2D eigenvalue weighted by molar-refractivity contribution is -0.137. The minimum absolute atomic E-state index is 0.0972. The second kappa shape index (κ2) is 33.9. The van der Waals surface area contributed by atoms with Gasteiger partial charge in [-0.15, -0.1) is 0 Å². The smallest absolute Gasteiger partial charge is 0.303 e. The zero-order valence-corrected chi connectivity index (χ0v) is 18.5. The third kappa shape index (κ3) is 44.6. The van der Waals surface area contributed by atoms with Crippen LogP contribution >= 0.6 is 0 Å². The summed E-state index contributed by atoms with van der Waals surface area (Å²) in [4.78, 5) is 10.3. The number of carbonyl (C=O) groups is 1. The Morgan fingerprint density at radius 3 is 1.07 bits per heavy atom. The normalized spacial score (nSPS) is 9.89. The number of unbranched alkanes of at least 4 members (excludes halogenated alkanes) is 14. The maximum atomic E-state index is 10.3. The molecule has 7 N–H and O–H groups in total. The fourth-order valence-electron chi connectivity index (χ4n) is 2.65. The van der Waals surface area contributed by atoms with Crippen molar-refractivity contribution in [3.05, 3.63) is 0 Å². The second-order valence-corrected chi connectivity index (χ2v) is 7.12. The third-order valence-electron chi connectivity index (χ3n) is 4.25. The minimum Gasteiger partial charge on any atom is -0.481 e. The number of carboxylic acid groups (broad SMARTS) is 1. The molecule has 0 aliphatic rings. The summed E-state index contributed by atoms with van der Waals surface area (Å²) in [5.41, 5.74) is 9.56. The first-order valence-electron chi connectivity index (χ1n) is 11.4. The van der Waals surface area contributed by atoms with Crippen LogP contribution in [0.4, 0.5) is 0 Å². The van der Waals surface area contributed by atoms with Crippen LogP contribution in [0.1, 0.15) is 110 Å². The number of hydrogen-bond acceptors (Lipinski definition) is 5. The maximum Gasteiger partial charge on any atom is 0.303 e. The molecule has 0 aromatic rings. The Kier molecular flexibility index (Phi) is 38.7. The monoisotopic (exact) mass is 406 g/mol. The molecule has 0 heterocycles. The van der Waals surface area contributed by atoms with E-state index in [4.69, 9.17) is 26.8 Å². The molecule has 172 valence electrons. The quantitative estimate of drug-likeness (QED) is 0.217. The van der Waals surface area contributed by atoms with Crippen LogP contribution in [0, 0.1) is 0 Å². The number of nitrogens with two attached hydrogens (primary N) is 2. The van der Waals surface area contributed by atoms with E-state index in [9.17, 15) is 4.79 Å². The molecule has 0 spiro atoms. The average Bonchev–Trinajstić information content (AvgIpc) is 2.71. The lowest BCUT2D eigenvalue weighted by Crippen LogP contribution is -2.02. The fraction of sp³-hybridized carbons (Fsp3) is 0.955. The lowest BCUT2D eigenvalue weighted by Gasteiger charge is -2.03. The van der Waals surface area contributed by atoms with Gasteiger partial charge in [-0.05, 0) is 6.42 Å². The third-order valence-corrected chi connectivity index (χ3v) is 4.25. The standard InChI is InChI=1S/C18H36O2.2C2H7NO/c1-2-3-4-5-6-7-8-9-10-11-12-13-14-15-16-17-18(19)20;2*3-1-2-4/h2-17H2,1H3,(H,19,20);2*4H,1-3H2. The maximum absolute atomic E-state index is 10.3. The highest BCUT2D eigenvalue weighted by molar-refractivity contribution is 5.66. The lowest BCUT2D eigenvalue weighted by atomic mass is 10.0. The Morgan fingerprint density at radius 2 is 0.857 bits per heavy atom. The van der Waals surface area contributed by atoms with E-state index in [0.717, 1.165) is 12.8 Å². The zero-order valence-electron chi connectivity index (χ0n) is 18.5. The Hall–Kier alpha value is -0.690. The number of aliphatic hydroxyl groups excluding tert-OH is 2. The van der Waals surface area contributed by atoms with Crippen LogP contribution in [0.2, 0.25) is 0 Å². The molecule has 0 fully saturated rings. The van der Waals surface area contributed by atoms with E-state index in [0.29, 0.717) is 19.5 Å². The van der Waals surface area contributed by atoms with Crippen molar-refractivity contribution in [1.29, 1.82) is 0 Å². The van der Waals surface area contributed by atoms with E-state index in [-0.39, 0.29) is 13.2 Å². The van der Waals surface area contributed by atoms with Gasteiger partial charge in [0.1, 0.15) is 0 Å². The van der Waals surface area contributed by atoms with Gasteiger partial charge in [0.15, 0.2) is 0 Å². The van der Waals surface area contributed by atoms with E-state index in [1.54, 1.807) is 0 Å². The van der Waals surface area contributed by atoms with Crippen molar-refractivity contribution in [1.82, 2.24) is 0 Å². The highest BCUT2D eigenvalue weighted by Gasteiger charge is 1.97. The van der Waals surface area contributed by atoms with Crippen molar-refractivity contribution < 1.29 is 20.1 Å². The molecule has 28 heavy (non-hydrogen) atoms. The number of rotatable bonds is 18. The topological polar surface area (TPSA) is 130 Å². The summed E-state index contributed by atoms with van der Waals surface area (Å²) in [7, 11) is 0. The molecule has 6 heteroatoms. The number of hydrogen-bond donors (Lipinski definition) is 5. The van der Waals surface area contributed by atoms with Crippen molar-refractivity contribution in [2.45, 2.75) is 110 Å². The SMILES string of the molecule is CCCCCCCCCCCCCCCCCC(=O)O.NCCO.NCCO. The fourth-order valence-corrected chi connectivity index (χ4v) is 2.65. The molecule has 0 rings (SSSR count). The van der Waals surface area contributed by atoms with E-state index in [2.05, 4.69) is 6.92 Å². The Bertz CT molecular complexity index is 259. The zero-order chi connectivity index (χ0) is 21.7. The van der Waals surface area contributed by atoms with Crippen LogP contribution in [-0.4, -0.2) is 47.6 Å². The van der Waals surface area contributed by atoms with Crippen LogP contribution in [0.25, 0.3) is 0 Å². The van der Waals surface area contributed by atoms with Gasteiger partial charge in [0.2, 0.25) is 0 Å². The van der Waals surface area contributed by atoms with E-state index >= 15 is 0 Å². The molecule has 0 radical (unpaired) electrons. The first-order valence-corrected chi connectivity index (χ1v) is 11.4. The summed E-state index contributed by atoms with van der Waals surface area (Å²) in [5.74, 6) is -0.653. The summed E-state index contributed by atoms with van der Waals surface area (Å²) < 4.78 is 0. The molecule has 6 nitrogen and oxygen atoms in total. The molecular formula is C22H50N2O4. The molecule has 0 unspecified atom stereocenters. The van der Waals surface area contributed by atoms with Crippen LogP contribution in [-0.2, 0) is 4.79 Å². The van der Waals surface area contributed by atoms with Crippen LogP contribution < -0.4 is 11.5 Å². The van der Waals surface area contributed by atoms with Crippen LogP contribution in [0.3, 0.4) is 0 Å². The Labute approximate surface area is 174 Å². The van der Waals surface area contributed by atoms with Gasteiger partial charge < -0.3 is 26.8 Å². The summed E-state index contributed by atoms with van der Waals surface area (Å²) >= 11 is 0. The molecule has 0 aliphatic heterocycles. The molecule has 0 aliphatic carbocycles. The predicted octanol–water partition coefficient (Wildman–Crippen LogP) is 4.21. The van der Waals surface area contributed by atoms with Crippen molar-refractivity contribution in [3.8, 4) is 0 Å². The van der Waals surface area contributed by atoms with Crippen molar-refractivity contribution in [2.75, 3.05) is 26.3 Å². The molecule has 0 aromatic heterocycles. The van der Waals surface area contributed by atoms with Gasteiger partial charge in [-0.1, -0.05) is 96.8 Å². The van der Waals surface area contributed by atoms with Gasteiger partial charge in [0.05, 0.1) is 13.2 Å². The predicted molar refractivity (Wildman–Crippen MR) is 119 cm³/mol. The molecule has 0 saturated heterocycles. The van der Waals surface area contributed by atoms with Gasteiger partial charge in [-0.3, -0.25) is 4.79 Å². The summed E-state index contributed by atoms with van der Waals surface area (Å²) in [6.45, 7) is 3.21. The van der Waals surface area contributed by atoms with Gasteiger partial charge in [-0.2, -0.15) is 0 Å². The van der Waals surface area contributed by atoms with Crippen LogP contribution in [0.15, 0.2) is 0 Å². The number of aliphatic carboxylic acids is 1. The highest BCUT2D eigenvalue weighted by atomic mass is 16.4. The minimum atomic E-state index is -0.653. The highest BCUT2D eigenvalue weighted by Crippen LogP contribution is 2.13. The summed E-state index contributed by atoms with van der Waals surface area (Å²) in [6, 6.07) is 0. The average molecular weight is 407 g/mol. The van der Waals surface area contributed by atoms with Crippen molar-refractivity contribution in [3.63, 3.8) is 0 Å². The largest absolute Gasteiger partial charge is 0.481 e. The van der Waals surface area contributed by atoms with Crippen molar-refractivity contribution in [2.24, 2.45) is 11.5 Å². The molecular weight excluding hydrogens is 356 g/mol. The summed E-state index contributed by atoms with van der Waals surface area (Å²) in [6.07, 6.45) is 20.2. The van der Waals surface area contributed by atoms with Gasteiger partial charge >= 0.3 is 5.97 Å². The van der Waals surface area contributed by atoms with Crippen molar-refractivity contribution >= 4 is 5.97 Å². The Morgan fingerprint density at radius 1 is 0.607 bits per heavy atom. The van der Waals surface area contributed by atoms with Gasteiger partial charge in [-0.25, -0.2) is 0 Å². The molecule has 0 amide bonds. The number of aliphatic hydroxyl groups is 2. The summed E-state index contributed by atoms with van der Waals surface area (Å²) in [5, 5.41) is 24.0. The second-order valence-electron chi connectivity index (χ2n) is 7.12. The van der Waals surface area contributed by atoms with Crippen LogP contribution in [0.5, 0.6) is 0 Å². The molecule has 0 saturated carbocycles. The molecule has 0 bridgehead atoms. The number of carboxylic acids is 1.